The number of hydrogen-bond donors (Lipinski definition) is 1. The Bertz CT molecular complexity index is 276. The molecule has 0 spiro atoms. The highest BCUT2D eigenvalue weighted by molar-refractivity contribution is 5.67. The molecule has 0 aliphatic heterocycles. The van der Waals surface area contributed by atoms with Gasteiger partial charge in [-0.15, -0.1) is 0 Å². The molecule has 0 bridgehead atoms. The second-order valence-corrected chi connectivity index (χ2v) is 5.22. The van der Waals surface area contributed by atoms with Crippen LogP contribution in [0.15, 0.2) is 0 Å². The summed E-state index contributed by atoms with van der Waals surface area (Å²) in [6.07, 6.45) is -4.26. The van der Waals surface area contributed by atoms with Gasteiger partial charge in [-0.05, 0) is 18.8 Å². The molecule has 0 amide bonds. The minimum absolute atomic E-state index is 0.0549. The molecule has 6 heteroatoms. The molecule has 0 saturated heterocycles. The zero-order chi connectivity index (χ0) is 15.2. The van der Waals surface area contributed by atoms with Crippen LogP contribution in [0, 0.1) is 5.92 Å². The first-order valence-electron chi connectivity index (χ1n) is 6.67. The van der Waals surface area contributed by atoms with Gasteiger partial charge >= 0.3 is 12.1 Å². The van der Waals surface area contributed by atoms with Crippen molar-refractivity contribution in [3.63, 3.8) is 0 Å². The number of nitrogens with zero attached hydrogens (tertiary/aromatic N) is 1. The molecule has 0 aromatic carbocycles. The normalized spacial score (nSPS) is 14.4. The van der Waals surface area contributed by atoms with Crippen molar-refractivity contribution in [2.24, 2.45) is 5.92 Å². The van der Waals surface area contributed by atoms with Gasteiger partial charge in [0.15, 0.2) is 0 Å². The van der Waals surface area contributed by atoms with E-state index < -0.39 is 24.6 Å². The topological polar surface area (TPSA) is 40.5 Å². The van der Waals surface area contributed by atoms with E-state index in [-0.39, 0.29) is 18.5 Å². The Morgan fingerprint density at radius 1 is 1.21 bits per heavy atom. The van der Waals surface area contributed by atoms with Crippen LogP contribution in [-0.4, -0.2) is 40.8 Å². The largest absolute Gasteiger partial charge is 0.481 e. The van der Waals surface area contributed by atoms with Crippen molar-refractivity contribution >= 4 is 5.97 Å². The number of alkyl halides is 3. The maximum absolute atomic E-state index is 13.1. The van der Waals surface area contributed by atoms with E-state index in [1.807, 2.05) is 27.7 Å². The molecule has 0 radical (unpaired) electrons. The molecule has 0 saturated carbocycles. The highest BCUT2D eigenvalue weighted by atomic mass is 19.4. The van der Waals surface area contributed by atoms with Crippen molar-refractivity contribution in [3.05, 3.63) is 0 Å². The third kappa shape index (κ3) is 6.27. The minimum Gasteiger partial charge on any atom is -0.481 e. The number of carboxylic acid groups (broad SMARTS) is 1. The number of carbonyl (C=O) groups is 1. The highest BCUT2D eigenvalue weighted by Gasteiger charge is 2.46. The third-order valence-corrected chi connectivity index (χ3v) is 3.13. The van der Waals surface area contributed by atoms with Gasteiger partial charge in [-0.2, -0.15) is 13.2 Å². The minimum atomic E-state index is -4.52. The molecule has 1 atom stereocenters. The van der Waals surface area contributed by atoms with E-state index in [4.69, 9.17) is 5.11 Å². The second-order valence-electron chi connectivity index (χ2n) is 5.22. The fourth-order valence-corrected chi connectivity index (χ4v) is 2.30. The highest BCUT2D eigenvalue weighted by Crippen LogP contribution is 2.30. The maximum Gasteiger partial charge on any atom is 0.404 e. The van der Waals surface area contributed by atoms with Gasteiger partial charge in [0.25, 0.3) is 0 Å². The van der Waals surface area contributed by atoms with Crippen LogP contribution < -0.4 is 0 Å². The van der Waals surface area contributed by atoms with Crippen LogP contribution in [-0.2, 0) is 4.79 Å². The predicted molar refractivity (Wildman–Crippen MR) is 68.0 cm³/mol. The Morgan fingerprint density at radius 3 is 1.95 bits per heavy atom. The molecule has 1 N–H and O–H groups in total. The average Bonchev–Trinajstić information content (AvgIpc) is 2.24. The van der Waals surface area contributed by atoms with Gasteiger partial charge in [0.05, 0.1) is 6.42 Å². The van der Waals surface area contributed by atoms with E-state index in [1.54, 1.807) is 0 Å². The Hall–Kier alpha value is -0.780. The Morgan fingerprint density at radius 2 is 1.68 bits per heavy atom. The van der Waals surface area contributed by atoms with Crippen LogP contribution in [0.3, 0.4) is 0 Å². The first-order valence-corrected chi connectivity index (χ1v) is 6.67. The molecule has 1 unspecified atom stereocenters. The molecule has 3 nitrogen and oxygen atoms in total. The smallest absolute Gasteiger partial charge is 0.404 e. The van der Waals surface area contributed by atoms with Crippen molar-refractivity contribution in [3.8, 4) is 0 Å². The van der Waals surface area contributed by atoms with Crippen LogP contribution in [0.4, 0.5) is 13.2 Å². The van der Waals surface area contributed by atoms with Gasteiger partial charge in [-0.3, -0.25) is 9.69 Å². The summed E-state index contributed by atoms with van der Waals surface area (Å²) in [6, 6.07) is -2.15. The van der Waals surface area contributed by atoms with Gasteiger partial charge in [0.2, 0.25) is 0 Å². The van der Waals surface area contributed by atoms with E-state index in [1.165, 1.54) is 4.90 Å². The summed E-state index contributed by atoms with van der Waals surface area (Å²) in [5.41, 5.74) is 0. The molecular formula is C13H24F3NO2. The third-order valence-electron chi connectivity index (χ3n) is 3.13. The molecule has 0 aliphatic rings. The molecular weight excluding hydrogens is 259 g/mol. The van der Waals surface area contributed by atoms with Crippen LogP contribution in [0.1, 0.15) is 47.0 Å². The van der Waals surface area contributed by atoms with Crippen molar-refractivity contribution in [2.45, 2.75) is 65.2 Å². The van der Waals surface area contributed by atoms with Gasteiger partial charge in [0.1, 0.15) is 6.04 Å². The van der Waals surface area contributed by atoms with E-state index in [2.05, 4.69) is 0 Å². The Labute approximate surface area is 112 Å². The maximum atomic E-state index is 13.1. The summed E-state index contributed by atoms with van der Waals surface area (Å²) in [5, 5.41) is 8.73. The van der Waals surface area contributed by atoms with Crippen molar-refractivity contribution in [1.29, 1.82) is 0 Å². The van der Waals surface area contributed by atoms with Crippen molar-refractivity contribution in [2.75, 3.05) is 6.54 Å². The summed E-state index contributed by atoms with van der Waals surface area (Å²) in [5.74, 6) is -1.36. The Balaban J connectivity index is 5.27. The van der Waals surface area contributed by atoms with Crippen LogP contribution in [0.25, 0.3) is 0 Å². The number of aliphatic carboxylic acids is 1. The predicted octanol–water partition coefficient (Wildman–Crippen LogP) is 3.54. The molecule has 0 aromatic heterocycles. The zero-order valence-electron chi connectivity index (χ0n) is 12.0. The van der Waals surface area contributed by atoms with E-state index in [9.17, 15) is 18.0 Å². The SMILES string of the molecule is CCC(CC)N(CC(C)C)C(CC(=O)O)C(F)(F)F. The fraction of sp³-hybridized carbons (Fsp3) is 0.923. The summed E-state index contributed by atoms with van der Waals surface area (Å²) >= 11 is 0. The van der Waals surface area contributed by atoms with Crippen molar-refractivity contribution in [1.82, 2.24) is 4.90 Å². The van der Waals surface area contributed by atoms with Gasteiger partial charge in [0, 0.05) is 12.6 Å². The first-order chi connectivity index (χ1) is 8.63. The van der Waals surface area contributed by atoms with E-state index >= 15 is 0 Å². The molecule has 0 heterocycles. The molecule has 19 heavy (non-hydrogen) atoms. The second kappa shape index (κ2) is 7.72. The zero-order valence-corrected chi connectivity index (χ0v) is 12.0. The van der Waals surface area contributed by atoms with Crippen LogP contribution in [0.2, 0.25) is 0 Å². The first kappa shape index (κ1) is 18.2. The van der Waals surface area contributed by atoms with Gasteiger partial charge in [-0.25, -0.2) is 0 Å². The fourth-order valence-electron chi connectivity index (χ4n) is 2.30. The molecule has 0 fully saturated rings. The number of carboxylic acids is 1. The van der Waals surface area contributed by atoms with Gasteiger partial charge in [-0.1, -0.05) is 27.7 Å². The Kier molecular flexibility index (Phi) is 7.41. The number of halogens is 3. The molecule has 0 aliphatic carbocycles. The standard InChI is InChI=1S/C13H24F3NO2/c1-5-10(6-2)17(8-9(3)4)11(7-12(18)19)13(14,15)16/h9-11H,5-8H2,1-4H3,(H,18,19). The lowest BCUT2D eigenvalue weighted by molar-refractivity contribution is -0.197. The monoisotopic (exact) mass is 283 g/mol. The number of hydrogen-bond acceptors (Lipinski definition) is 2. The lowest BCUT2D eigenvalue weighted by Crippen LogP contribution is -2.52. The summed E-state index contributed by atoms with van der Waals surface area (Å²) in [4.78, 5) is 12.0. The van der Waals surface area contributed by atoms with Crippen LogP contribution in [0.5, 0.6) is 0 Å². The van der Waals surface area contributed by atoms with Crippen LogP contribution >= 0.6 is 0 Å². The lowest BCUT2D eigenvalue weighted by atomic mass is 10.0. The average molecular weight is 283 g/mol. The summed E-state index contributed by atoms with van der Waals surface area (Å²) in [7, 11) is 0. The molecule has 0 rings (SSSR count). The molecule has 0 aromatic rings. The van der Waals surface area contributed by atoms with E-state index in [0.29, 0.717) is 12.8 Å². The van der Waals surface area contributed by atoms with E-state index in [0.717, 1.165) is 0 Å². The lowest BCUT2D eigenvalue weighted by Gasteiger charge is -2.38. The summed E-state index contributed by atoms with van der Waals surface area (Å²) in [6.45, 7) is 7.59. The summed E-state index contributed by atoms with van der Waals surface area (Å²) < 4.78 is 39.3. The molecule has 114 valence electrons. The quantitative estimate of drug-likeness (QED) is 0.740. The van der Waals surface area contributed by atoms with Crippen molar-refractivity contribution < 1.29 is 23.1 Å². The number of rotatable bonds is 8. The van der Waals surface area contributed by atoms with Gasteiger partial charge < -0.3 is 5.11 Å².